The fraction of sp³-hybridized carbons (Fsp3) is 0.550. The maximum absolute atomic E-state index is 12.4. The number of phenols is 2. The number of carbonyl (C=O) groups excluding carboxylic acids is 1. The summed E-state index contributed by atoms with van der Waals surface area (Å²) in [4.78, 5) is 14.1. The summed E-state index contributed by atoms with van der Waals surface area (Å²) in [7, 11) is 1.61. The number of nitrogens with zero attached hydrogens (tertiary/aromatic N) is 1. The van der Waals surface area contributed by atoms with Crippen molar-refractivity contribution in [1.82, 2.24) is 4.90 Å². The molecule has 25 heavy (non-hydrogen) atoms. The number of carbonyl (C=O) groups is 1. The number of aromatic hydroxyl groups is 2. The zero-order valence-electron chi connectivity index (χ0n) is 15.4. The molecule has 0 radical (unpaired) electrons. The fourth-order valence-electron chi connectivity index (χ4n) is 3.45. The van der Waals surface area contributed by atoms with Crippen LogP contribution in [0.15, 0.2) is 23.8 Å². The maximum atomic E-state index is 12.4. The first-order valence-corrected chi connectivity index (χ1v) is 8.95. The second kappa shape index (κ2) is 8.90. The average molecular weight is 347 g/mol. The van der Waals surface area contributed by atoms with Crippen LogP contribution in [0.3, 0.4) is 0 Å². The quantitative estimate of drug-likeness (QED) is 0.742. The number of methoxy groups -OCH3 is 1. The SMILES string of the molecule is CCN(CCOC)C(=O)Cc1cc(O)c(C2C=C(C)CCC2)c(O)c1. The lowest BCUT2D eigenvalue weighted by Gasteiger charge is -2.23. The Morgan fingerprint density at radius 1 is 1.32 bits per heavy atom. The first kappa shape index (κ1) is 19.3. The average Bonchev–Trinajstić information content (AvgIpc) is 2.55. The molecule has 1 aromatic carbocycles. The molecule has 2 rings (SSSR count). The van der Waals surface area contributed by atoms with Crippen molar-refractivity contribution in [3.05, 3.63) is 34.9 Å². The van der Waals surface area contributed by atoms with Gasteiger partial charge >= 0.3 is 0 Å². The van der Waals surface area contributed by atoms with Crippen LogP contribution in [0.25, 0.3) is 0 Å². The van der Waals surface area contributed by atoms with Crippen LogP contribution in [0, 0.1) is 0 Å². The molecule has 0 bridgehead atoms. The number of allylic oxidation sites excluding steroid dienone is 2. The van der Waals surface area contributed by atoms with Crippen molar-refractivity contribution < 1.29 is 19.7 Å². The van der Waals surface area contributed by atoms with E-state index in [1.807, 2.05) is 6.92 Å². The Hall–Kier alpha value is -2.01. The number of amides is 1. The van der Waals surface area contributed by atoms with E-state index in [1.165, 1.54) is 5.57 Å². The maximum Gasteiger partial charge on any atom is 0.227 e. The highest BCUT2D eigenvalue weighted by atomic mass is 16.5. The molecule has 1 atom stereocenters. The van der Waals surface area contributed by atoms with Crippen LogP contribution in [0.5, 0.6) is 11.5 Å². The number of phenolic OH excluding ortho intramolecular Hbond substituents is 2. The van der Waals surface area contributed by atoms with Gasteiger partial charge in [0.15, 0.2) is 0 Å². The minimum atomic E-state index is -0.0421. The molecule has 1 aliphatic rings. The summed E-state index contributed by atoms with van der Waals surface area (Å²) in [6.45, 7) is 5.62. The fourth-order valence-corrected chi connectivity index (χ4v) is 3.45. The summed E-state index contributed by atoms with van der Waals surface area (Å²) in [6, 6.07) is 3.21. The summed E-state index contributed by atoms with van der Waals surface area (Å²) in [5, 5.41) is 20.9. The largest absolute Gasteiger partial charge is 0.507 e. The minimum Gasteiger partial charge on any atom is -0.507 e. The Morgan fingerprint density at radius 2 is 2.00 bits per heavy atom. The normalized spacial score (nSPS) is 17.2. The molecule has 1 amide bonds. The van der Waals surface area contributed by atoms with Crippen molar-refractivity contribution in [2.45, 2.75) is 45.4 Å². The first-order chi connectivity index (χ1) is 12.0. The molecular weight excluding hydrogens is 318 g/mol. The van der Waals surface area contributed by atoms with Crippen LogP contribution in [0.4, 0.5) is 0 Å². The van der Waals surface area contributed by atoms with Crippen LogP contribution >= 0.6 is 0 Å². The van der Waals surface area contributed by atoms with Crippen molar-refractivity contribution in [3.8, 4) is 11.5 Å². The van der Waals surface area contributed by atoms with E-state index in [0.717, 1.165) is 19.3 Å². The molecule has 0 heterocycles. The van der Waals surface area contributed by atoms with Gasteiger partial charge in [0.1, 0.15) is 11.5 Å². The molecule has 0 spiro atoms. The lowest BCUT2D eigenvalue weighted by molar-refractivity contribution is -0.130. The van der Waals surface area contributed by atoms with E-state index in [0.29, 0.717) is 30.8 Å². The van der Waals surface area contributed by atoms with E-state index in [1.54, 1.807) is 24.1 Å². The first-order valence-electron chi connectivity index (χ1n) is 8.95. The molecule has 1 aliphatic carbocycles. The van der Waals surface area contributed by atoms with E-state index in [2.05, 4.69) is 13.0 Å². The van der Waals surface area contributed by atoms with Crippen molar-refractivity contribution in [2.75, 3.05) is 26.8 Å². The van der Waals surface area contributed by atoms with Gasteiger partial charge in [-0.2, -0.15) is 0 Å². The predicted octanol–water partition coefficient (Wildman–Crippen LogP) is 3.35. The predicted molar refractivity (Wildman–Crippen MR) is 98.0 cm³/mol. The van der Waals surface area contributed by atoms with Gasteiger partial charge in [-0.05, 0) is 50.8 Å². The molecule has 5 heteroatoms. The van der Waals surface area contributed by atoms with E-state index >= 15 is 0 Å². The second-order valence-corrected chi connectivity index (χ2v) is 6.70. The molecule has 1 unspecified atom stereocenters. The Bertz CT molecular complexity index is 616. The van der Waals surface area contributed by atoms with Gasteiger partial charge in [0.25, 0.3) is 0 Å². The Balaban J connectivity index is 2.16. The van der Waals surface area contributed by atoms with Crippen LogP contribution < -0.4 is 0 Å². The number of likely N-dealkylation sites (N-methyl/N-ethyl adjacent to an activating group) is 1. The van der Waals surface area contributed by atoms with Gasteiger partial charge in [-0.1, -0.05) is 11.6 Å². The van der Waals surface area contributed by atoms with Crippen LogP contribution in [-0.4, -0.2) is 47.8 Å². The standard InChI is InChI=1S/C20H29NO4/c1-4-21(8-9-25-3)19(24)13-15-11-17(22)20(18(23)12-15)16-7-5-6-14(2)10-16/h10-12,16,22-23H,4-9,13H2,1-3H3. The monoisotopic (exact) mass is 347 g/mol. The number of hydrogen-bond donors (Lipinski definition) is 2. The van der Waals surface area contributed by atoms with E-state index in [9.17, 15) is 15.0 Å². The molecule has 0 aliphatic heterocycles. The number of rotatable bonds is 7. The summed E-state index contributed by atoms with van der Waals surface area (Å²) in [5.41, 5.74) is 2.48. The van der Waals surface area contributed by atoms with Gasteiger partial charge in [-0.3, -0.25) is 4.79 Å². The van der Waals surface area contributed by atoms with Gasteiger partial charge in [-0.15, -0.1) is 0 Å². The Morgan fingerprint density at radius 3 is 2.56 bits per heavy atom. The van der Waals surface area contributed by atoms with Gasteiger partial charge in [0.05, 0.1) is 13.0 Å². The highest BCUT2D eigenvalue weighted by molar-refractivity contribution is 5.79. The van der Waals surface area contributed by atoms with Crippen molar-refractivity contribution in [1.29, 1.82) is 0 Å². The topological polar surface area (TPSA) is 70.0 Å². The zero-order chi connectivity index (χ0) is 18.4. The Kier molecular flexibility index (Phi) is 6.88. The molecular formula is C20H29NO4. The molecule has 0 fully saturated rings. The molecule has 1 aromatic rings. The minimum absolute atomic E-state index is 0.0346. The highest BCUT2D eigenvalue weighted by Gasteiger charge is 2.22. The zero-order valence-corrected chi connectivity index (χ0v) is 15.4. The van der Waals surface area contributed by atoms with Gasteiger partial charge in [-0.25, -0.2) is 0 Å². The Labute approximate surface area is 149 Å². The lowest BCUT2D eigenvalue weighted by atomic mass is 9.84. The third-order valence-electron chi connectivity index (χ3n) is 4.79. The molecule has 0 saturated heterocycles. The molecule has 0 saturated carbocycles. The van der Waals surface area contributed by atoms with Gasteiger partial charge in [0, 0.05) is 31.7 Å². The third-order valence-corrected chi connectivity index (χ3v) is 4.79. The molecule has 2 N–H and O–H groups in total. The summed E-state index contributed by atoms with van der Waals surface area (Å²) >= 11 is 0. The van der Waals surface area contributed by atoms with Crippen LogP contribution in [0.1, 0.15) is 50.2 Å². The molecule has 5 nitrogen and oxygen atoms in total. The highest BCUT2D eigenvalue weighted by Crippen LogP contribution is 2.41. The number of ether oxygens (including phenoxy) is 1. The van der Waals surface area contributed by atoms with Gasteiger partial charge in [0.2, 0.25) is 5.91 Å². The van der Waals surface area contributed by atoms with Crippen molar-refractivity contribution in [3.63, 3.8) is 0 Å². The van der Waals surface area contributed by atoms with Crippen molar-refractivity contribution in [2.24, 2.45) is 0 Å². The number of benzene rings is 1. The van der Waals surface area contributed by atoms with Crippen LogP contribution in [0.2, 0.25) is 0 Å². The lowest BCUT2D eigenvalue weighted by Crippen LogP contribution is -2.34. The van der Waals surface area contributed by atoms with E-state index in [4.69, 9.17) is 4.74 Å². The van der Waals surface area contributed by atoms with Crippen molar-refractivity contribution >= 4 is 5.91 Å². The second-order valence-electron chi connectivity index (χ2n) is 6.70. The van der Waals surface area contributed by atoms with E-state index in [-0.39, 0.29) is 29.7 Å². The molecule has 138 valence electrons. The summed E-state index contributed by atoms with van der Waals surface area (Å²) in [5.74, 6) is 0.129. The van der Waals surface area contributed by atoms with Crippen LogP contribution in [-0.2, 0) is 16.0 Å². The summed E-state index contributed by atoms with van der Waals surface area (Å²) in [6.07, 6.45) is 5.30. The van der Waals surface area contributed by atoms with Gasteiger partial charge < -0.3 is 19.8 Å². The smallest absolute Gasteiger partial charge is 0.227 e. The molecule has 0 aromatic heterocycles. The summed E-state index contributed by atoms with van der Waals surface area (Å²) < 4.78 is 5.02. The van der Waals surface area contributed by atoms with E-state index < -0.39 is 0 Å². The third kappa shape index (κ3) is 4.98. The number of hydrogen-bond acceptors (Lipinski definition) is 4.